The van der Waals surface area contributed by atoms with Gasteiger partial charge in [-0.05, 0) is 30.0 Å². The van der Waals surface area contributed by atoms with Crippen LogP contribution in [0.5, 0.6) is 0 Å². The summed E-state index contributed by atoms with van der Waals surface area (Å²) < 4.78 is 0. The zero-order valence-corrected chi connectivity index (χ0v) is 16.6. The molecule has 0 spiro atoms. The van der Waals surface area contributed by atoms with Crippen molar-refractivity contribution < 1.29 is 0 Å². The summed E-state index contributed by atoms with van der Waals surface area (Å²) in [5.41, 5.74) is 14.7. The van der Waals surface area contributed by atoms with Gasteiger partial charge in [-0.3, -0.25) is 0 Å². The van der Waals surface area contributed by atoms with Crippen molar-refractivity contribution in [3.05, 3.63) is 81.8 Å². The number of anilines is 1. The summed E-state index contributed by atoms with van der Waals surface area (Å²) in [7, 11) is 0. The van der Waals surface area contributed by atoms with E-state index in [0.29, 0.717) is 5.82 Å². The first kappa shape index (κ1) is 20.0. The van der Waals surface area contributed by atoms with E-state index in [4.69, 9.17) is 11.5 Å². The molecule has 4 nitrogen and oxygen atoms in total. The molecule has 6 heteroatoms. The Kier molecular flexibility index (Phi) is 8.18. The minimum atomic E-state index is 0.510. The first-order chi connectivity index (χ1) is 12.6. The van der Waals surface area contributed by atoms with Gasteiger partial charge >= 0.3 is 0 Å². The van der Waals surface area contributed by atoms with Crippen LogP contribution in [0, 0.1) is 0 Å². The number of thiophene rings is 1. The van der Waals surface area contributed by atoms with Gasteiger partial charge in [-0.25, -0.2) is 0 Å². The quantitative estimate of drug-likeness (QED) is 0.447. The van der Waals surface area contributed by atoms with Crippen LogP contribution in [0.25, 0.3) is 5.70 Å². The number of benzene rings is 1. The van der Waals surface area contributed by atoms with E-state index >= 15 is 0 Å². The molecule has 0 aliphatic heterocycles. The molecular formula is C20H26N4S2. The van der Waals surface area contributed by atoms with E-state index in [2.05, 4.69) is 35.6 Å². The van der Waals surface area contributed by atoms with Crippen molar-refractivity contribution >= 4 is 34.5 Å². The lowest BCUT2D eigenvalue weighted by Crippen LogP contribution is -2.19. The molecule has 0 saturated carbocycles. The summed E-state index contributed by atoms with van der Waals surface area (Å²) in [4.78, 5) is 2.21. The average molecular weight is 387 g/mol. The highest BCUT2D eigenvalue weighted by atomic mass is 32.2. The first-order valence-electron chi connectivity index (χ1n) is 8.47. The lowest BCUT2D eigenvalue weighted by molar-refractivity contribution is 0.977. The summed E-state index contributed by atoms with van der Waals surface area (Å²) in [6, 6.07) is 12.2. The smallest absolute Gasteiger partial charge is 0.102 e. The Hall–Kier alpha value is -2.31. The Labute approximate surface area is 164 Å². The lowest BCUT2D eigenvalue weighted by atomic mass is 10.1. The largest absolute Gasteiger partial charge is 0.404 e. The molecule has 2 aromatic rings. The van der Waals surface area contributed by atoms with Crippen LogP contribution in [0.4, 0.5) is 5.69 Å². The van der Waals surface area contributed by atoms with Crippen molar-refractivity contribution in [2.24, 2.45) is 11.5 Å². The van der Waals surface area contributed by atoms with E-state index in [0.717, 1.165) is 40.6 Å². The summed E-state index contributed by atoms with van der Waals surface area (Å²) in [6.07, 6.45) is 4.47. The van der Waals surface area contributed by atoms with Gasteiger partial charge in [-0.2, -0.15) is 0 Å². The lowest BCUT2D eigenvalue weighted by Gasteiger charge is -2.15. The van der Waals surface area contributed by atoms with E-state index in [1.165, 1.54) is 4.88 Å². The van der Waals surface area contributed by atoms with Gasteiger partial charge < -0.3 is 22.1 Å². The van der Waals surface area contributed by atoms with Crippen molar-refractivity contribution in [1.82, 2.24) is 5.32 Å². The summed E-state index contributed by atoms with van der Waals surface area (Å²) in [5, 5.41) is 8.65. The number of hydrogen-bond donors (Lipinski definition) is 4. The van der Waals surface area contributed by atoms with Crippen LogP contribution in [0.3, 0.4) is 0 Å². The minimum Gasteiger partial charge on any atom is -0.404 e. The van der Waals surface area contributed by atoms with Gasteiger partial charge in [0.05, 0.1) is 0 Å². The fourth-order valence-electron chi connectivity index (χ4n) is 2.28. The Bertz CT molecular complexity index is 764. The molecule has 1 aromatic heterocycles. The molecule has 0 aliphatic carbocycles. The Morgan fingerprint density at radius 2 is 2.08 bits per heavy atom. The third-order valence-electron chi connectivity index (χ3n) is 3.54. The Balaban J connectivity index is 1.99. The van der Waals surface area contributed by atoms with Gasteiger partial charge in [-0.15, -0.1) is 23.1 Å². The summed E-state index contributed by atoms with van der Waals surface area (Å²) in [5.74, 6) is 1.38. The van der Waals surface area contributed by atoms with Gasteiger partial charge in [0.15, 0.2) is 0 Å². The predicted molar refractivity (Wildman–Crippen MR) is 118 cm³/mol. The van der Waals surface area contributed by atoms with E-state index < -0.39 is 0 Å². The van der Waals surface area contributed by atoms with Crippen molar-refractivity contribution in [3.8, 4) is 0 Å². The zero-order valence-electron chi connectivity index (χ0n) is 15.0. The number of hydrogen-bond acceptors (Lipinski definition) is 6. The molecule has 6 N–H and O–H groups in total. The standard InChI is InChI=1S/C20H26N4S2/c1-3-10-23-19-9-5-4-8-18(19)15(2)24-20(22)12-17(13-21)26-14-16-7-6-11-25-16/h4-9,11-13,23-24H,2-3,10,14,21-22H2,1H3/b17-13+,20-12+. The second kappa shape index (κ2) is 10.6. The van der Waals surface area contributed by atoms with Gasteiger partial charge in [0, 0.05) is 45.2 Å². The van der Waals surface area contributed by atoms with Crippen molar-refractivity contribution in [3.63, 3.8) is 0 Å². The maximum absolute atomic E-state index is 6.15. The number of allylic oxidation sites excluding steroid dienone is 1. The average Bonchev–Trinajstić information content (AvgIpc) is 3.17. The van der Waals surface area contributed by atoms with E-state index in [1.54, 1.807) is 29.3 Å². The number of nitrogens with two attached hydrogens (primary N) is 2. The molecule has 0 radical (unpaired) electrons. The second-order valence-corrected chi connectivity index (χ2v) is 7.69. The molecule has 0 saturated heterocycles. The minimum absolute atomic E-state index is 0.510. The third-order valence-corrected chi connectivity index (χ3v) is 5.64. The highest BCUT2D eigenvalue weighted by Crippen LogP contribution is 2.25. The maximum Gasteiger partial charge on any atom is 0.102 e. The molecule has 0 unspecified atom stereocenters. The number of rotatable bonds is 10. The molecule has 0 aliphatic rings. The fourth-order valence-corrected chi connectivity index (χ4v) is 3.93. The van der Waals surface area contributed by atoms with Crippen LogP contribution in [-0.4, -0.2) is 6.54 Å². The molecule has 1 aromatic carbocycles. The summed E-state index contributed by atoms with van der Waals surface area (Å²) >= 11 is 3.39. The van der Waals surface area contributed by atoms with E-state index in [-0.39, 0.29) is 0 Å². The molecule has 0 bridgehead atoms. The third kappa shape index (κ3) is 6.20. The molecule has 138 valence electrons. The monoisotopic (exact) mass is 386 g/mol. The number of nitrogens with one attached hydrogen (secondary N) is 2. The second-order valence-electron chi connectivity index (χ2n) is 5.61. The van der Waals surface area contributed by atoms with Crippen molar-refractivity contribution in [1.29, 1.82) is 0 Å². The highest BCUT2D eigenvalue weighted by Gasteiger charge is 2.06. The number of para-hydroxylation sites is 1. The van der Waals surface area contributed by atoms with Crippen LogP contribution >= 0.6 is 23.1 Å². The normalized spacial score (nSPS) is 12.0. The fraction of sp³-hybridized carbons (Fsp3) is 0.200. The maximum atomic E-state index is 6.15. The SMILES string of the molecule is C=C(N/C(N)=C/C(=C\N)SCc1cccs1)c1ccccc1NCCC. The van der Waals surface area contributed by atoms with Crippen LogP contribution in [-0.2, 0) is 5.75 Å². The van der Waals surface area contributed by atoms with Gasteiger partial charge in [-0.1, -0.05) is 37.8 Å². The zero-order chi connectivity index (χ0) is 18.8. The summed E-state index contributed by atoms with van der Waals surface area (Å²) in [6.45, 7) is 7.17. The van der Waals surface area contributed by atoms with Crippen molar-refractivity contribution in [2.75, 3.05) is 11.9 Å². The molecule has 0 amide bonds. The van der Waals surface area contributed by atoms with E-state index in [9.17, 15) is 0 Å². The Morgan fingerprint density at radius 1 is 1.27 bits per heavy atom. The van der Waals surface area contributed by atoms with Crippen LogP contribution in [0.1, 0.15) is 23.8 Å². The molecular weight excluding hydrogens is 360 g/mol. The predicted octanol–water partition coefficient (Wildman–Crippen LogP) is 4.66. The molecule has 2 rings (SSSR count). The topological polar surface area (TPSA) is 76.1 Å². The van der Waals surface area contributed by atoms with Crippen LogP contribution in [0.15, 0.2) is 71.4 Å². The van der Waals surface area contributed by atoms with Gasteiger partial charge in [0.2, 0.25) is 0 Å². The molecule has 0 fully saturated rings. The highest BCUT2D eigenvalue weighted by molar-refractivity contribution is 8.02. The first-order valence-corrected chi connectivity index (χ1v) is 10.3. The molecule has 26 heavy (non-hydrogen) atoms. The van der Waals surface area contributed by atoms with Gasteiger partial charge in [0.1, 0.15) is 5.82 Å². The van der Waals surface area contributed by atoms with Crippen LogP contribution < -0.4 is 22.1 Å². The number of thioether (sulfide) groups is 1. The Morgan fingerprint density at radius 3 is 2.77 bits per heavy atom. The van der Waals surface area contributed by atoms with Crippen molar-refractivity contribution in [2.45, 2.75) is 19.1 Å². The molecule has 0 atom stereocenters. The molecule has 1 heterocycles. The van der Waals surface area contributed by atoms with Gasteiger partial charge in [0.25, 0.3) is 0 Å². The van der Waals surface area contributed by atoms with E-state index in [1.807, 2.05) is 36.4 Å². The van der Waals surface area contributed by atoms with Crippen LogP contribution in [0.2, 0.25) is 0 Å².